The number of aryl methyl sites for hydroxylation is 1. The van der Waals surface area contributed by atoms with Gasteiger partial charge in [-0.2, -0.15) is 5.10 Å². The third kappa shape index (κ3) is 6.02. The monoisotopic (exact) mass is 475 g/mol. The molecular weight excluding hydrogens is 449 g/mol. The molecule has 0 unspecified atom stereocenters. The number of nitrogens with two attached hydrogens (primary N) is 1. The summed E-state index contributed by atoms with van der Waals surface area (Å²) in [4.78, 5) is 14.3. The second kappa shape index (κ2) is 11.2. The molecule has 0 aliphatic heterocycles. The summed E-state index contributed by atoms with van der Waals surface area (Å²) in [6.45, 7) is 11.3. The van der Waals surface area contributed by atoms with Gasteiger partial charge >= 0.3 is 0 Å². The van der Waals surface area contributed by atoms with Crippen molar-refractivity contribution < 1.29 is 4.39 Å². The Hall–Kier alpha value is -4.11. The number of aromatic nitrogens is 3. The lowest BCUT2D eigenvalue weighted by Gasteiger charge is -2.11. The minimum Gasteiger partial charge on any atom is -0.391 e. The number of nitrogen functional groups attached to an aromatic ring is 1. The van der Waals surface area contributed by atoms with Crippen molar-refractivity contribution in [3.63, 3.8) is 0 Å². The molecule has 0 fully saturated rings. The van der Waals surface area contributed by atoms with Gasteiger partial charge in [-0.3, -0.25) is 9.98 Å². The Bertz CT molecular complexity index is 1310. The number of halogens is 1. The predicted octanol–water partition coefficient (Wildman–Crippen LogP) is 5.52. The van der Waals surface area contributed by atoms with Crippen molar-refractivity contribution in [3.05, 3.63) is 95.6 Å². The van der Waals surface area contributed by atoms with Crippen LogP contribution in [0, 0.1) is 6.92 Å². The SMILES string of the molecule is C=C/C(F)=C\C=C(/C)n1ncc(/C(=N\C)NC(=C)c2ccc(N)s2)c1/N=C/c1ccc(C)nc1. The largest absolute Gasteiger partial charge is 0.391 e. The van der Waals surface area contributed by atoms with Gasteiger partial charge in [0.15, 0.2) is 5.82 Å². The van der Waals surface area contributed by atoms with Crippen molar-refractivity contribution in [2.75, 3.05) is 12.8 Å². The molecule has 0 amide bonds. The maximum atomic E-state index is 13.6. The van der Waals surface area contributed by atoms with Crippen molar-refractivity contribution in [3.8, 4) is 0 Å². The van der Waals surface area contributed by atoms with Crippen molar-refractivity contribution in [2.45, 2.75) is 13.8 Å². The molecule has 0 aromatic carbocycles. The molecule has 7 nitrogen and oxygen atoms in total. The lowest BCUT2D eigenvalue weighted by molar-refractivity contribution is 0.667. The van der Waals surface area contributed by atoms with E-state index in [0.29, 0.717) is 33.6 Å². The van der Waals surface area contributed by atoms with Gasteiger partial charge in [-0.1, -0.05) is 19.2 Å². The average molecular weight is 476 g/mol. The van der Waals surface area contributed by atoms with Crippen LogP contribution in [0.25, 0.3) is 11.4 Å². The summed E-state index contributed by atoms with van der Waals surface area (Å²) in [5, 5.41) is 8.40. The number of anilines is 1. The number of hydrogen-bond acceptors (Lipinski definition) is 6. The number of aliphatic imine (C=N–C) groups is 2. The summed E-state index contributed by atoms with van der Waals surface area (Å²) in [5.41, 5.74) is 9.53. The first-order valence-corrected chi connectivity index (χ1v) is 11.1. The maximum absolute atomic E-state index is 13.6. The third-order valence-electron chi connectivity index (χ3n) is 4.70. The van der Waals surface area contributed by atoms with Crippen LogP contribution in [-0.2, 0) is 0 Å². The zero-order chi connectivity index (χ0) is 24.7. The summed E-state index contributed by atoms with van der Waals surface area (Å²) in [6.07, 6.45) is 9.13. The van der Waals surface area contributed by atoms with Crippen molar-refractivity contribution in [1.29, 1.82) is 0 Å². The lowest BCUT2D eigenvalue weighted by atomic mass is 10.2. The number of nitrogens with zero attached hydrogens (tertiary/aromatic N) is 5. The van der Waals surface area contributed by atoms with Gasteiger partial charge in [0.2, 0.25) is 0 Å². The van der Waals surface area contributed by atoms with E-state index in [-0.39, 0.29) is 0 Å². The van der Waals surface area contributed by atoms with E-state index in [0.717, 1.165) is 22.2 Å². The van der Waals surface area contributed by atoms with Gasteiger partial charge in [-0.25, -0.2) is 14.1 Å². The molecular formula is C25H26FN7S. The standard InChI is InChI=1S/C25H26FN7S/c1-6-20(26)10-8-17(3)33-25(30-14-19-9-7-16(2)29-13-19)21(15-31-33)24(28-5)32-18(4)22-11-12-23(27)34-22/h6-15H,1,4,27H2,2-3,5H3,(H,28,32)/b17-8+,20-10+,30-14+. The minimum absolute atomic E-state index is 0.452. The molecule has 34 heavy (non-hydrogen) atoms. The molecule has 3 aromatic rings. The zero-order valence-electron chi connectivity index (χ0n) is 19.3. The highest BCUT2D eigenvalue weighted by Crippen LogP contribution is 2.26. The van der Waals surface area contributed by atoms with Crippen LogP contribution in [0.1, 0.15) is 28.6 Å². The molecule has 174 valence electrons. The molecule has 3 rings (SSSR count). The molecule has 0 radical (unpaired) electrons. The summed E-state index contributed by atoms with van der Waals surface area (Å²) in [5.74, 6) is 0.581. The molecule has 0 saturated carbocycles. The molecule has 3 aromatic heterocycles. The zero-order valence-corrected chi connectivity index (χ0v) is 20.1. The average Bonchev–Trinajstić information content (AvgIpc) is 3.46. The van der Waals surface area contributed by atoms with E-state index in [2.05, 4.69) is 38.5 Å². The third-order valence-corrected chi connectivity index (χ3v) is 5.67. The van der Waals surface area contributed by atoms with E-state index in [1.165, 1.54) is 17.4 Å². The Morgan fingerprint density at radius 1 is 1.24 bits per heavy atom. The quantitative estimate of drug-likeness (QED) is 0.255. The smallest absolute Gasteiger partial charge is 0.166 e. The van der Waals surface area contributed by atoms with Crippen LogP contribution in [0.15, 0.2) is 83.9 Å². The first kappa shape index (κ1) is 24.5. The second-order valence-corrected chi connectivity index (χ2v) is 8.34. The van der Waals surface area contributed by atoms with Crippen LogP contribution in [0.2, 0.25) is 0 Å². The van der Waals surface area contributed by atoms with Gasteiger partial charge in [0.05, 0.1) is 21.6 Å². The maximum Gasteiger partial charge on any atom is 0.166 e. The van der Waals surface area contributed by atoms with Crippen LogP contribution in [0.3, 0.4) is 0 Å². The number of allylic oxidation sites excluding steroid dienone is 5. The Morgan fingerprint density at radius 3 is 2.65 bits per heavy atom. The number of nitrogens with one attached hydrogen (secondary N) is 1. The van der Waals surface area contributed by atoms with E-state index in [4.69, 9.17) is 5.73 Å². The van der Waals surface area contributed by atoms with Crippen LogP contribution in [0.5, 0.6) is 0 Å². The van der Waals surface area contributed by atoms with E-state index < -0.39 is 5.83 Å². The Kier molecular flexibility index (Phi) is 8.05. The molecule has 0 bridgehead atoms. The summed E-state index contributed by atoms with van der Waals surface area (Å²) < 4.78 is 15.2. The molecule has 0 atom stereocenters. The molecule has 0 saturated heterocycles. The van der Waals surface area contributed by atoms with Crippen LogP contribution >= 0.6 is 11.3 Å². The molecule has 3 N–H and O–H groups in total. The number of pyridine rings is 1. The van der Waals surface area contributed by atoms with Gasteiger partial charge in [-0.05, 0) is 50.3 Å². The highest BCUT2D eigenvalue weighted by Gasteiger charge is 2.17. The fourth-order valence-corrected chi connectivity index (χ4v) is 3.59. The second-order valence-electron chi connectivity index (χ2n) is 7.23. The van der Waals surface area contributed by atoms with Gasteiger partial charge < -0.3 is 11.1 Å². The molecule has 0 spiro atoms. The van der Waals surface area contributed by atoms with Crippen LogP contribution < -0.4 is 11.1 Å². The van der Waals surface area contributed by atoms with E-state index >= 15 is 0 Å². The molecule has 9 heteroatoms. The van der Waals surface area contributed by atoms with E-state index in [9.17, 15) is 4.39 Å². The van der Waals surface area contributed by atoms with Crippen LogP contribution in [0.4, 0.5) is 15.2 Å². The van der Waals surface area contributed by atoms with E-state index in [1.807, 2.05) is 31.2 Å². The first-order valence-electron chi connectivity index (χ1n) is 10.3. The van der Waals surface area contributed by atoms with Crippen LogP contribution in [-0.4, -0.2) is 33.9 Å². The highest BCUT2D eigenvalue weighted by atomic mass is 32.1. The predicted molar refractivity (Wildman–Crippen MR) is 141 cm³/mol. The number of thiophene rings is 1. The van der Waals surface area contributed by atoms with Gasteiger partial charge in [-0.15, -0.1) is 11.3 Å². The van der Waals surface area contributed by atoms with Crippen molar-refractivity contribution in [2.24, 2.45) is 9.98 Å². The minimum atomic E-state index is -0.452. The molecule has 0 aliphatic carbocycles. The van der Waals surface area contributed by atoms with Gasteiger partial charge in [0.25, 0.3) is 0 Å². The first-order chi connectivity index (χ1) is 16.3. The number of hydrogen-bond donors (Lipinski definition) is 2. The lowest BCUT2D eigenvalue weighted by Crippen LogP contribution is -2.22. The number of amidine groups is 1. The Balaban J connectivity index is 2.03. The Labute approximate surface area is 202 Å². The highest BCUT2D eigenvalue weighted by molar-refractivity contribution is 7.16. The normalized spacial score (nSPS) is 12.9. The number of rotatable bonds is 8. The summed E-state index contributed by atoms with van der Waals surface area (Å²) in [6, 6.07) is 7.55. The fraction of sp³-hybridized carbons (Fsp3) is 0.120. The topological polar surface area (TPSA) is 93.5 Å². The Morgan fingerprint density at radius 2 is 2.03 bits per heavy atom. The molecule has 0 aliphatic rings. The summed E-state index contributed by atoms with van der Waals surface area (Å²) in [7, 11) is 1.66. The van der Waals surface area contributed by atoms with E-state index in [1.54, 1.807) is 43.3 Å². The summed E-state index contributed by atoms with van der Waals surface area (Å²) >= 11 is 1.42. The van der Waals surface area contributed by atoms with Gasteiger partial charge in [0, 0.05) is 42.1 Å². The van der Waals surface area contributed by atoms with Crippen molar-refractivity contribution >= 4 is 45.6 Å². The van der Waals surface area contributed by atoms with Crippen molar-refractivity contribution in [1.82, 2.24) is 20.1 Å². The fourth-order valence-electron chi connectivity index (χ4n) is 2.88. The molecule has 3 heterocycles. The van der Waals surface area contributed by atoms with Gasteiger partial charge in [0.1, 0.15) is 11.7 Å².